The minimum atomic E-state index is 0.0374. The molecule has 2 atom stereocenters. The van der Waals surface area contributed by atoms with Crippen molar-refractivity contribution in [3.63, 3.8) is 0 Å². The van der Waals surface area contributed by atoms with Crippen LogP contribution in [0.15, 0.2) is 0 Å². The predicted octanol–water partition coefficient (Wildman–Crippen LogP) is 24.2. The fourth-order valence-electron chi connectivity index (χ4n) is 11.1. The minimum Gasteiger partial charge on any atom is -0.465 e. The Labute approximate surface area is 454 Å². The molecule has 430 valence electrons. The molecule has 0 bridgehead atoms. The average molecular weight is 1020 g/mol. The van der Waals surface area contributed by atoms with Gasteiger partial charge in [-0.3, -0.25) is 9.59 Å². The Kier molecular flexibility index (Phi) is 61.6. The predicted molar refractivity (Wildman–Crippen MR) is 319 cm³/mol. The molecule has 0 radical (unpaired) electrons. The molecule has 72 heavy (non-hydrogen) atoms. The highest BCUT2D eigenvalue weighted by molar-refractivity contribution is 5.69. The van der Waals surface area contributed by atoms with Gasteiger partial charge in [0.1, 0.15) is 6.10 Å². The maximum Gasteiger partial charge on any atom is 0.306 e. The van der Waals surface area contributed by atoms with Crippen LogP contribution in [0.3, 0.4) is 0 Å². The highest BCUT2D eigenvalue weighted by atomic mass is 16.5. The monoisotopic (exact) mass is 1020 g/mol. The molecular weight excluding hydrogens is 881 g/mol. The Morgan fingerprint density at radius 1 is 0.250 bits per heavy atom. The lowest BCUT2D eigenvalue weighted by molar-refractivity contribution is -0.150. The topological polar surface area (TPSA) is 52.6 Å². The number of unbranched alkanes of at least 4 members (excludes halogenated alkanes) is 48. The lowest BCUT2D eigenvalue weighted by Crippen LogP contribution is -2.18. The molecule has 0 N–H and O–H groups in total. The first-order valence-corrected chi connectivity index (χ1v) is 33.9. The van der Waals surface area contributed by atoms with E-state index >= 15 is 0 Å². The van der Waals surface area contributed by atoms with Crippen molar-refractivity contribution in [3.8, 4) is 0 Å². The smallest absolute Gasteiger partial charge is 0.306 e. The third-order valence-electron chi connectivity index (χ3n) is 16.2. The van der Waals surface area contributed by atoms with Gasteiger partial charge in [0.2, 0.25) is 0 Å². The third kappa shape index (κ3) is 58.2. The van der Waals surface area contributed by atoms with Crippen LogP contribution in [0.1, 0.15) is 407 Å². The third-order valence-corrected chi connectivity index (χ3v) is 16.2. The van der Waals surface area contributed by atoms with Crippen molar-refractivity contribution in [3.05, 3.63) is 0 Å². The SMILES string of the molecule is CCCCCCCCCCCCCCCCCC(=O)OC(CCCCCC)CCCCCCCCCCC(=O)OCC(CCCCCCCCCCCCCC)CCCCCCCCCCCCCCCC. The van der Waals surface area contributed by atoms with Crippen LogP contribution in [0.5, 0.6) is 0 Å². The molecule has 4 heteroatoms. The molecule has 0 aliphatic heterocycles. The number of rotatable bonds is 63. The molecule has 0 saturated carbocycles. The van der Waals surface area contributed by atoms with Crippen molar-refractivity contribution < 1.29 is 19.1 Å². The van der Waals surface area contributed by atoms with E-state index in [1.165, 1.54) is 321 Å². The zero-order valence-corrected chi connectivity index (χ0v) is 50.2. The van der Waals surface area contributed by atoms with Gasteiger partial charge in [0.15, 0.2) is 0 Å². The van der Waals surface area contributed by atoms with Crippen molar-refractivity contribution in [1.82, 2.24) is 0 Å². The molecule has 4 nitrogen and oxygen atoms in total. The van der Waals surface area contributed by atoms with E-state index in [1.807, 2.05) is 0 Å². The van der Waals surface area contributed by atoms with E-state index in [1.54, 1.807) is 0 Å². The summed E-state index contributed by atoms with van der Waals surface area (Å²) in [5.74, 6) is 0.626. The summed E-state index contributed by atoms with van der Waals surface area (Å²) in [5.41, 5.74) is 0. The van der Waals surface area contributed by atoms with Crippen LogP contribution in [-0.4, -0.2) is 24.6 Å². The molecule has 0 aromatic heterocycles. The van der Waals surface area contributed by atoms with Gasteiger partial charge in [0.05, 0.1) is 6.61 Å². The molecule has 0 aliphatic rings. The van der Waals surface area contributed by atoms with E-state index in [0.717, 1.165) is 44.9 Å². The first kappa shape index (κ1) is 70.9. The summed E-state index contributed by atoms with van der Waals surface area (Å²) in [6.45, 7) is 9.81. The fourth-order valence-corrected chi connectivity index (χ4v) is 11.1. The summed E-state index contributed by atoms with van der Waals surface area (Å²) in [6, 6.07) is 0. The van der Waals surface area contributed by atoms with Gasteiger partial charge < -0.3 is 9.47 Å². The van der Waals surface area contributed by atoms with E-state index in [-0.39, 0.29) is 18.0 Å². The molecule has 0 amide bonds. The second-order valence-corrected chi connectivity index (χ2v) is 23.6. The van der Waals surface area contributed by atoms with Crippen LogP contribution in [0.4, 0.5) is 0 Å². The van der Waals surface area contributed by atoms with Crippen molar-refractivity contribution in [2.75, 3.05) is 6.61 Å². The number of hydrogen-bond acceptors (Lipinski definition) is 4. The van der Waals surface area contributed by atoms with Gasteiger partial charge in [0.25, 0.3) is 0 Å². The summed E-state index contributed by atoms with van der Waals surface area (Å²) in [4.78, 5) is 25.7. The molecule has 0 heterocycles. The van der Waals surface area contributed by atoms with Gasteiger partial charge in [-0.2, -0.15) is 0 Å². The first-order chi connectivity index (χ1) is 35.6. The number of carbonyl (C=O) groups excluding carboxylic acids is 2. The Morgan fingerprint density at radius 3 is 0.736 bits per heavy atom. The minimum absolute atomic E-state index is 0.0374. The number of carbonyl (C=O) groups is 2. The van der Waals surface area contributed by atoms with Crippen molar-refractivity contribution >= 4 is 11.9 Å². The van der Waals surface area contributed by atoms with E-state index in [0.29, 0.717) is 25.4 Å². The number of esters is 2. The number of ether oxygens (including phenoxy) is 2. The maximum absolute atomic E-state index is 12.9. The second kappa shape index (κ2) is 62.5. The Hall–Kier alpha value is -1.06. The fraction of sp³-hybridized carbons (Fsp3) is 0.971. The van der Waals surface area contributed by atoms with Gasteiger partial charge in [-0.1, -0.05) is 342 Å². The largest absolute Gasteiger partial charge is 0.465 e. The molecule has 0 aromatic carbocycles. The lowest BCUT2D eigenvalue weighted by Gasteiger charge is -2.18. The molecule has 0 aromatic rings. The molecule has 0 saturated heterocycles. The van der Waals surface area contributed by atoms with E-state index in [2.05, 4.69) is 27.7 Å². The highest BCUT2D eigenvalue weighted by Gasteiger charge is 2.15. The summed E-state index contributed by atoms with van der Waals surface area (Å²) in [6.07, 6.45) is 76.8. The van der Waals surface area contributed by atoms with E-state index < -0.39 is 0 Å². The highest BCUT2D eigenvalue weighted by Crippen LogP contribution is 2.23. The molecule has 0 fully saturated rings. The van der Waals surface area contributed by atoms with Gasteiger partial charge in [-0.25, -0.2) is 0 Å². The summed E-state index contributed by atoms with van der Waals surface area (Å²) >= 11 is 0. The maximum atomic E-state index is 12.9. The van der Waals surface area contributed by atoms with Crippen LogP contribution in [0.2, 0.25) is 0 Å². The van der Waals surface area contributed by atoms with Gasteiger partial charge >= 0.3 is 11.9 Å². The lowest BCUT2D eigenvalue weighted by atomic mass is 9.94. The van der Waals surface area contributed by atoms with E-state index in [9.17, 15) is 9.59 Å². The molecule has 0 aliphatic carbocycles. The summed E-state index contributed by atoms with van der Waals surface area (Å²) < 4.78 is 12.1. The molecular formula is C68H134O4. The molecule has 0 spiro atoms. The molecule has 0 rings (SSSR count). The van der Waals surface area contributed by atoms with Crippen LogP contribution < -0.4 is 0 Å². The summed E-state index contributed by atoms with van der Waals surface area (Å²) in [7, 11) is 0. The summed E-state index contributed by atoms with van der Waals surface area (Å²) in [5, 5.41) is 0. The van der Waals surface area contributed by atoms with Crippen LogP contribution in [-0.2, 0) is 19.1 Å². The van der Waals surface area contributed by atoms with E-state index in [4.69, 9.17) is 9.47 Å². The van der Waals surface area contributed by atoms with Gasteiger partial charge in [-0.15, -0.1) is 0 Å². The van der Waals surface area contributed by atoms with Crippen LogP contribution in [0.25, 0.3) is 0 Å². The zero-order chi connectivity index (χ0) is 52.2. The number of hydrogen-bond donors (Lipinski definition) is 0. The zero-order valence-electron chi connectivity index (χ0n) is 50.2. The Morgan fingerprint density at radius 2 is 0.458 bits per heavy atom. The average Bonchev–Trinajstić information content (AvgIpc) is 3.38. The van der Waals surface area contributed by atoms with Gasteiger partial charge in [0, 0.05) is 12.8 Å². The van der Waals surface area contributed by atoms with Crippen LogP contribution in [0, 0.1) is 5.92 Å². The van der Waals surface area contributed by atoms with Crippen molar-refractivity contribution in [1.29, 1.82) is 0 Å². The second-order valence-electron chi connectivity index (χ2n) is 23.6. The van der Waals surface area contributed by atoms with Crippen LogP contribution >= 0.6 is 0 Å². The van der Waals surface area contributed by atoms with Gasteiger partial charge in [-0.05, 0) is 57.3 Å². The van der Waals surface area contributed by atoms with Crippen molar-refractivity contribution in [2.45, 2.75) is 413 Å². The normalized spacial score (nSPS) is 12.4. The molecule has 2 unspecified atom stereocenters. The van der Waals surface area contributed by atoms with Crippen molar-refractivity contribution in [2.24, 2.45) is 5.92 Å². The Bertz CT molecular complexity index is 1030. The first-order valence-electron chi connectivity index (χ1n) is 33.9. The standard InChI is InChI=1S/C68H134O4/c1-5-9-13-17-20-23-26-29-31-33-36-39-46-51-57-63-68(70)72-66(60-54-16-12-8-4)61-55-49-44-40-41-45-50-56-62-67(69)71-64-65(58-52-47-42-37-34-28-25-22-19-15-11-7-3)59-53-48-43-38-35-32-30-27-24-21-18-14-10-6-2/h65-66H,5-64H2,1-4H3. The Balaban J connectivity index is 4.26. The quantitative estimate of drug-likeness (QED) is 0.0450.